The number of hydrogen-bond donors (Lipinski definition) is 0. The van der Waals surface area contributed by atoms with E-state index in [1.54, 1.807) is 18.0 Å². The first kappa shape index (κ1) is 12.0. The van der Waals surface area contributed by atoms with Crippen LogP contribution < -0.4 is 0 Å². The Labute approximate surface area is 95.1 Å². The highest BCUT2D eigenvalue weighted by Gasteiger charge is 2.17. The lowest BCUT2D eigenvalue weighted by molar-refractivity contribution is -0.130. The third-order valence-electron chi connectivity index (χ3n) is 2.11. The minimum atomic E-state index is -0.478. The Morgan fingerprint density at radius 2 is 2.33 bits per heavy atom. The zero-order valence-electron chi connectivity index (χ0n) is 8.98. The molecular weight excluding hydrogens is 212 g/mol. The predicted molar refractivity (Wildman–Crippen MR) is 60.6 cm³/mol. The summed E-state index contributed by atoms with van der Waals surface area (Å²) >= 11 is 5.76. The number of carbonyl (C=O) groups is 1. The van der Waals surface area contributed by atoms with E-state index in [0.29, 0.717) is 13.1 Å². The van der Waals surface area contributed by atoms with E-state index in [9.17, 15) is 4.79 Å². The number of carbonyl (C=O) groups excluding carboxylic acids is 1. The Morgan fingerprint density at radius 3 is 2.80 bits per heavy atom. The third-order valence-corrected chi connectivity index (χ3v) is 2.30. The Balaban J connectivity index is 2.66. The Morgan fingerprint density at radius 1 is 1.60 bits per heavy atom. The van der Waals surface area contributed by atoms with Crippen molar-refractivity contribution >= 4 is 17.5 Å². The lowest BCUT2D eigenvalue weighted by atomic mass is 10.3. The molecule has 0 aliphatic heterocycles. The maximum atomic E-state index is 11.6. The maximum absolute atomic E-state index is 11.6. The van der Waals surface area contributed by atoms with Crippen LogP contribution in [0.3, 0.4) is 0 Å². The molecule has 0 bridgehead atoms. The normalized spacial score (nSPS) is 12.2. The average molecular weight is 227 g/mol. The van der Waals surface area contributed by atoms with Gasteiger partial charge in [-0.1, -0.05) is 6.07 Å². The topological polar surface area (TPSA) is 33.2 Å². The zero-order chi connectivity index (χ0) is 11.3. The standard InChI is InChI=1S/C11H15ClN2O/c1-3-14(11(15)9(2)12)8-10-6-4-5-7-13-10/h4-7,9H,3,8H2,1-2H3. The van der Waals surface area contributed by atoms with Gasteiger partial charge < -0.3 is 4.90 Å². The molecule has 15 heavy (non-hydrogen) atoms. The Hall–Kier alpha value is -1.09. The van der Waals surface area contributed by atoms with E-state index in [-0.39, 0.29) is 5.91 Å². The highest BCUT2D eigenvalue weighted by molar-refractivity contribution is 6.30. The first-order chi connectivity index (χ1) is 7.15. The fraction of sp³-hybridized carbons (Fsp3) is 0.455. The summed E-state index contributed by atoms with van der Waals surface area (Å²) in [6, 6.07) is 5.66. The molecule has 0 N–H and O–H groups in total. The van der Waals surface area contributed by atoms with Gasteiger partial charge in [0.25, 0.3) is 0 Å². The van der Waals surface area contributed by atoms with Crippen molar-refractivity contribution in [3.05, 3.63) is 30.1 Å². The second kappa shape index (κ2) is 5.71. The Kier molecular flexibility index (Phi) is 4.56. The van der Waals surface area contributed by atoms with Crippen LogP contribution in [0.25, 0.3) is 0 Å². The maximum Gasteiger partial charge on any atom is 0.240 e. The highest BCUT2D eigenvalue weighted by atomic mass is 35.5. The van der Waals surface area contributed by atoms with Crippen molar-refractivity contribution in [1.82, 2.24) is 9.88 Å². The van der Waals surface area contributed by atoms with Gasteiger partial charge in [0.05, 0.1) is 12.2 Å². The van der Waals surface area contributed by atoms with Gasteiger partial charge in [0, 0.05) is 12.7 Å². The molecule has 1 atom stereocenters. The number of halogens is 1. The first-order valence-electron chi connectivity index (χ1n) is 4.98. The zero-order valence-corrected chi connectivity index (χ0v) is 9.74. The quantitative estimate of drug-likeness (QED) is 0.737. The number of rotatable bonds is 4. The molecule has 1 amide bonds. The lowest BCUT2D eigenvalue weighted by Gasteiger charge is -2.21. The number of nitrogens with zero attached hydrogens (tertiary/aromatic N) is 2. The van der Waals surface area contributed by atoms with Gasteiger partial charge in [-0.15, -0.1) is 11.6 Å². The van der Waals surface area contributed by atoms with Crippen LogP contribution in [0.1, 0.15) is 19.5 Å². The highest BCUT2D eigenvalue weighted by Crippen LogP contribution is 2.06. The van der Waals surface area contributed by atoms with E-state index in [4.69, 9.17) is 11.6 Å². The molecule has 0 saturated carbocycles. The molecular formula is C11H15ClN2O. The van der Waals surface area contributed by atoms with Crippen molar-refractivity contribution in [1.29, 1.82) is 0 Å². The van der Waals surface area contributed by atoms with Gasteiger partial charge in [-0.25, -0.2) is 0 Å². The summed E-state index contributed by atoms with van der Waals surface area (Å²) in [7, 11) is 0. The van der Waals surface area contributed by atoms with E-state index in [2.05, 4.69) is 4.98 Å². The van der Waals surface area contributed by atoms with Crippen molar-refractivity contribution in [2.45, 2.75) is 25.8 Å². The smallest absolute Gasteiger partial charge is 0.240 e. The molecule has 3 nitrogen and oxygen atoms in total. The first-order valence-corrected chi connectivity index (χ1v) is 5.41. The molecule has 0 aliphatic rings. The number of hydrogen-bond acceptors (Lipinski definition) is 2. The van der Waals surface area contributed by atoms with Crippen LogP contribution >= 0.6 is 11.6 Å². The van der Waals surface area contributed by atoms with E-state index in [0.717, 1.165) is 5.69 Å². The van der Waals surface area contributed by atoms with E-state index >= 15 is 0 Å². The molecule has 0 radical (unpaired) electrons. The molecule has 0 fully saturated rings. The lowest BCUT2D eigenvalue weighted by Crippen LogP contribution is -2.35. The van der Waals surface area contributed by atoms with E-state index < -0.39 is 5.38 Å². The van der Waals surface area contributed by atoms with Crippen molar-refractivity contribution in [2.75, 3.05) is 6.54 Å². The second-order valence-electron chi connectivity index (χ2n) is 3.29. The molecule has 1 aromatic rings. The summed E-state index contributed by atoms with van der Waals surface area (Å²) < 4.78 is 0. The van der Waals surface area contributed by atoms with Gasteiger partial charge >= 0.3 is 0 Å². The number of alkyl halides is 1. The van der Waals surface area contributed by atoms with E-state index in [1.165, 1.54) is 0 Å². The summed E-state index contributed by atoms with van der Waals surface area (Å²) in [4.78, 5) is 17.5. The number of pyridine rings is 1. The molecule has 1 aromatic heterocycles. The van der Waals surface area contributed by atoms with Crippen LogP contribution in [-0.4, -0.2) is 27.7 Å². The van der Waals surface area contributed by atoms with Crippen LogP contribution in [0.15, 0.2) is 24.4 Å². The van der Waals surface area contributed by atoms with Gasteiger partial charge in [-0.3, -0.25) is 9.78 Å². The summed E-state index contributed by atoms with van der Waals surface area (Å²) in [6.07, 6.45) is 1.72. The monoisotopic (exact) mass is 226 g/mol. The fourth-order valence-electron chi connectivity index (χ4n) is 1.28. The summed E-state index contributed by atoms with van der Waals surface area (Å²) in [6.45, 7) is 4.78. The van der Waals surface area contributed by atoms with Gasteiger partial charge in [0.2, 0.25) is 5.91 Å². The van der Waals surface area contributed by atoms with Gasteiger partial charge in [-0.2, -0.15) is 0 Å². The van der Waals surface area contributed by atoms with Crippen LogP contribution in [0.4, 0.5) is 0 Å². The second-order valence-corrected chi connectivity index (χ2v) is 3.94. The molecule has 0 saturated heterocycles. The summed E-state index contributed by atoms with van der Waals surface area (Å²) in [5.74, 6) is -0.0511. The van der Waals surface area contributed by atoms with Crippen LogP contribution in [0.2, 0.25) is 0 Å². The molecule has 1 unspecified atom stereocenters. The van der Waals surface area contributed by atoms with Crippen molar-refractivity contribution in [3.8, 4) is 0 Å². The van der Waals surface area contributed by atoms with Crippen molar-refractivity contribution in [2.24, 2.45) is 0 Å². The number of amides is 1. The molecule has 0 spiro atoms. The van der Waals surface area contributed by atoms with Crippen LogP contribution in [0.5, 0.6) is 0 Å². The average Bonchev–Trinajstić information content (AvgIpc) is 2.26. The summed E-state index contributed by atoms with van der Waals surface area (Å²) in [5.41, 5.74) is 0.880. The minimum Gasteiger partial charge on any atom is -0.336 e. The van der Waals surface area contributed by atoms with Gasteiger partial charge in [-0.05, 0) is 26.0 Å². The largest absolute Gasteiger partial charge is 0.336 e. The molecule has 0 aliphatic carbocycles. The Bertz CT molecular complexity index is 314. The van der Waals surface area contributed by atoms with Gasteiger partial charge in [0.1, 0.15) is 5.38 Å². The SMILES string of the molecule is CCN(Cc1ccccn1)C(=O)C(C)Cl. The fourth-order valence-corrected chi connectivity index (χ4v) is 1.42. The van der Waals surface area contributed by atoms with Crippen LogP contribution in [-0.2, 0) is 11.3 Å². The number of aromatic nitrogens is 1. The minimum absolute atomic E-state index is 0.0511. The molecule has 4 heteroatoms. The van der Waals surface area contributed by atoms with E-state index in [1.807, 2.05) is 25.1 Å². The molecule has 1 rings (SSSR count). The molecule has 1 heterocycles. The van der Waals surface area contributed by atoms with Crippen LogP contribution in [0, 0.1) is 0 Å². The van der Waals surface area contributed by atoms with Gasteiger partial charge in [0.15, 0.2) is 0 Å². The predicted octanol–water partition coefficient (Wildman–Crippen LogP) is 2.06. The third kappa shape index (κ3) is 3.51. The van der Waals surface area contributed by atoms with Crippen molar-refractivity contribution in [3.63, 3.8) is 0 Å². The molecule has 82 valence electrons. The summed E-state index contributed by atoms with van der Waals surface area (Å²) in [5, 5.41) is -0.478. The van der Waals surface area contributed by atoms with Crippen molar-refractivity contribution < 1.29 is 4.79 Å². The molecule has 0 aromatic carbocycles.